The van der Waals surface area contributed by atoms with E-state index in [1.54, 1.807) is 7.11 Å². The maximum atomic E-state index is 5.69. The maximum Gasteiger partial charge on any atom is 0.118 e. The van der Waals surface area contributed by atoms with Crippen molar-refractivity contribution >= 4 is 0 Å². The van der Waals surface area contributed by atoms with E-state index in [4.69, 9.17) is 10.6 Å². The van der Waals surface area contributed by atoms with Crippen LogP contribution in [-0.4, -0.2) is 13.2 Å². The lowest BCUT2D eigenvalue weighted by molar-refractivity contribution is 0.375. The highest BCUT2D eigenvalue weighted by atomic mass is 16.5. The van der Waals surface area contributed by atoms with Gasteiger partial charge in [-0.25, -0.2) is 0 Å². The smallest absolute Gasteiger partial charge is 0.118 e. The monoisotopic (exact) mass is 262 g/mol. The van der Waals surface area contributed by atoms with Crippen molar-refractivity contribution < 1.29 is 4.74 Å². The van der Waals surface area contributed by atoms with Crippen LogP contribution in [0.1, 0.15) is 44.1 Å². The van der Waals surface area contributed by atoms with Gasteiger partial charge in [0.15, 0.2) is 0 Å². The molecule has 1 aliphatic rings. The lowest BCUT2D eigenvalue weighted by atomic mass is 9.94. The minimum absolute atomic E-state index is 0.449. The summed E-state index contributed by atoms with van der Waals surface area (Å²) in [5.74, 6) is 7.50. The lowest BCUT2D eigenvalue weighted by Crippen LogP contribution is -2.36. The number of nitrogens with one attached hydrogen (secondary N) is 1. The van der Waals surface area contributed by atoms with Crippen LogP contribution in [-0.2, 0) is 6.42 Å². The van der Waals surface area contributed by atoms with Crippen LogP contribution in [0.2, 0.25) is 0 Å². The number of aryl methyl sites for hydroxylation is 1. The van der Waals surface area contributed by atoms with Gasteiger partial charge in [0.1, 0.15) is 5.75 Å². The first-order valence-electron chi connectivity index (χ1n) is 7.41. The number of hydrogen-bond donors (Lipinski definition) is 2. The van der Waals surface area contributed by atoms with E-state index >= 15 is 0 Å². The summed E-state index contributed by atoms with van der Waals surface area (Å²) in [6.07, 6.45) is 9.00. The largest absolute Gasteiger partial charge is 0.497 e. The van der Waals surface area contributed by atoms with Crippen molar-refractivity contribution in [2.45, 2.75) is 51.0 Å². The number of benzene rings is 1. The fourth-order valence-electron chi connectivity index (χ4n) is 3.05. The molecule has 1 aliphatic carbocycles. The molecule has 106 valence electrons. The van der Waals surface area contributed by atoms with Crippen LogP contribution in [0.5, 0.6) is 5.75 Å². The molecule has 3 nitrogen and oxygen atoms in total. The molecule has 0 radical (unpaired) electrons. The van der Waals surface area contributed by atoms with Gasteiger partial charge in [0.05, 0.1) is 7.11 Å². The molecule has 1 fully saturated rings. The first kappa shape index (κ1) is 14.4. The second-order valence-corrected chi connectivity index (χ2v) is 5.64. The van der Waals surface area contributed by atoms with E-state index in [9.17, 15) is 0 Å². The number of hydrogen-bond acceptors (Lipinski definition) is 3. The third-order valence-electron chi connectivity index (χ3n) is 4.27. The number of hydrazine groups is 1. The number of ether oxygens (including phenoxy) is 1. The molecule has 0 spiro atoms. The van der Waals surface area contributed by atoms with E-state index in [1.807, 2.05) is 12.1 Å². The zero-order chi connectivity index (χ0) is 13.5. The van der Waals surface area contributed by atoms with Crippen molar-refractivity contribution in [3.63, 3.8) is 0 Å². The molecule has 19 heavy (non-hydrogen) atoms. The van der Waals surface area contributed by atoms with Gasteiger partial charge < -0.3 is 4.74 Å². The third-order valence-corrected chi connectivity index (χ3v) is 4.27. The van der Waals surface area contributed by atoms with Gasteiger partial charge in [-0.15, -0.1) is 0 Å². The molecule has 0 bridgehead atoms. The van der Waals surface area contributed by atoms with Crippen molar-refractivity contribution in [1.29, 1.82) is 0 Å². The summed E-state index contributed by atoms with van der Waals surface area (Å²) < 4.78 is 5.17. The predicted octanol–water partition coefficient (Wildman–Crippen LogP) is 3.04. The van der Waals surface area contributed by atoms with Crippen molar-refractivity contribution in [1.82, 2.24) is 5.43 Å². The molecule has 1 unspecified atom stereocenters. The molecule has 0 saturated heterocycles. The minimum Gasteiger partial charge on any atom is -0.497 e. The van der Waals surface area contributed by atoms with Gasteiger partial charge in [-0.1, -0.05) is 37.8 Å². The second-order valence-electron chi connectivity index (χ2n) is 5.64. The Bertz CT molecular complexity index is 358. The van der Waals surface area contributed by atoms with E-state index in [0.29, 0.717) is 6.04 Å². The quantitative estimate of drug-likeness (QED) is 0.586. The van der Waals surface area contributed by atoms with Gasteiger partial charge in [-0.3, -0.25) is 11.3 Å². The van der Waals surface area contributed by atoms with Crippen LogP contribution in [0.4, 0.5) is 0 Å². The second kappa shape index (κ2) is 7.51. The molecular formula is C16H26N2O. The molecule has 0 heterocycles. The molecule has 3 heteroatoms. The fraction of sp³-hybridized carbons (Fsp3) is 0.625. The maximum absolute atomic E-state index is 5.69. The van der Waals surface area contributed by atoms with Crippen molar-refractivity contribution in [3.8, 4) is 5.75 Å². The molecule has 1 saturated carbocycles. The van der Waals surface area contributed by atoms with Crippen LogP contribution in [0.15, 0.2) is 24.3 Å². The zero-order valence-corrected chi connectivity index (χ0v) is 11.9. The Morgan fingerprint density at radius 1 is 1.26 bits per heavy atom. The van der Waals surface area contributed by atoms with Crippen LogP contribution in [0.3, 0.4) is 0 Å². The van der Waals surface area contributed by atoms with Gasteiger partial charge >= 0.3 is 0 Å². The Labute approximate surface area is 116 Å². The normalized spacial score (nSPS) is 17.6. The van der Waals surface area contributed by atoms with Crippen molar-refractivity contribution in [2.75, 3.05) is 7.11 Å². The van der Waals surface area contributed by atoms with E-state index in [2.05, 4.69) is 17.6 Å². The topological polar surface area (TPSA) is 47.3 Å². The highest BCUT2D eigenvalue weighted by Crippen LogP contribution is 2.29. The van der Waals surface area contributed by atoms with E-state index < -0.39 is 0 Å². The fourth-order valence-corrected chi connectivity index (χ4v) is 3.05. The Kier molecular flexibility index (Phi) is 5.67. The summed E-state index contributed by atoms with van der Waals surface area (Å²) in [6.45, 7) is 0. The Morgan fingerprint density at radius 2 is 1.95 bits per heavy atom. The first-order valence-corrected chi connectivity index (χ1v) is 7.41. The van der Waals surface area contributed by atoms with E-state index in [-0.39, 0.29) is 0 Å². The summed E-state index contributed by atoms with van der Waals surface area (Å²) in [4.78, 5) is 0. The van der Waals surface area contributed by atoms with Crippen LogP contribution >= 0.6 is 0 Å². The number of nitrogens with two attached hydrogens (primary N) is 1. The van der Waals surface area contributed by atoms with E-state index in [1.165, 1.54) is 37.7 Å². The zero-order valence-electron chi connectivity index (χ0n) is 11.9. The molecular weight excluding hydrogens is 236 g/mol. The molecule has 1 atom stereocenters. The molecule has 0 aromatic heterocycles. The highest BCUT2D eigenvalue weighted by molar-refractivity contribution is 5.27. The molecule has 0 amide bonds. The highest BCUT2D eigenvalue weighted by Gasteiger charge is 2.19. The summed E-state index contributed by atoms with van der Waals surface area (Å²) in [5, 5.41) is 0. The average molecular weight is 262 g/mol. The average Bonchev–Trinajstić information content (AvgIpc) is 2.97. The van der Waals surface area contributed by atoms with Gasteiger partial charge in [-0.2, -0.15) is 0 Å². The minimum atomic E-state index is 0.449. The molecule has 1 aromatic carbocycles. The van der Waals surface area contributed by atoms with Crippen molar-refractivity contribution in [2.24, 2.45) is 11.8 Å². The third kappa shape index (κ3) is 4.51. The molecule has 2 rings (SSSR count). The number of rotatable bonds is 7. The summed E-state index contributed by atoms with van der Waals surface area (Å²) in [7, 11) is 1.70. The van der Waals surface area contributed by atoms with Gasteiger partial charge in [-0.05, 0) is 42.9 Å². The number of methoxy groups -OCH3 is 1. The standard InChI is InChI=1S/C16H26N2O/c1-19-16-10-7-13(8-11-16)6-9-15(18-17)12-14-4-2-3-5-14/h7-8,10-11,14-15,18H,2-6,9,12,17H2,1H3. The van der Waals surface area contributed by atoms with Gasteiger partial charge in [0.2, 0.25) is 0 Å². The Hall–Kier alpha value is -1.06. The Balaban J connectivity index is 1.77. The summed E-state index contributed by atoms with van der Waals surface area (Å²) in [5.41, 5.74) is 4.35. The Morgan fingerprint density at radius 3 is 2.53 bits per heavy atom. The molecule has 0 aliphatic heterocycles. The molecule has 3 N–H and O–H groups in total. The first-order chi connectivity index (χ1) is 9.31. The van der Waals surface area contributed by atoms with Crippen LogP contribution in [0.25, 0.3) is 0 Å². The van der Waals surface area contributed by atoms with Crippen molar-refractivity contribution in [3.05, 3.63) is 29.8 Å². The summed E-state index contributed by atoms with van der Waals surface area (Å²) >= 11 is 0. The lowest BCUT2D eigenvalue weighted by Gasteiger charge is -2.19. The van der Waals surface area contributed by atoms with Crippen LogP contribution in [0, 0.1) is 5.92 Å². The van der Waals surface area contributed by atoms with Gasteiger partial charge in [0, 0.05) is 6.04 Å². The van der Waals surface area contributed by atoms with E-state index in [0.717, 1.165) is 24.5 Å². The predicted molar refractivity (Wildman–Crippen MR) is 79.0 cm³/mol. The SMILES string of the molecule is COc1ccc(CCC(CC2CCCC2)NN)cc1. The summed E-state index contributed by atoms with van der Waals surface area (Å²) in [6, 6.07) is 8.78. The van der Waals surface area contributed by atoms with Crippen LogP contribution < -0.4 is 16.0 Å². The molecule has 1 aromatic rings. The van der Waals surface area contributed by atoms with Gasteiger partial charge in [0.25, 0.3) is 0 Å².